The number of aliphatic hydroxyl groups excluding tert-OH is 1. The number of ketones is 1. The average Bonchev–Trinajstić information content (AvgIpc) is 2.89. The molecular formula is C17H22O3. The van der Waals surface area contributed by atoms with Crippen LogP contribution in [0.1, 0.15) is 31.7 Å². The second kappa shape index (κ2) is 5.66. The third-order valence-corrected chi connectivity index (χ3v) is 4.93. The second-order valence-electron chi connectivity index (χ2n) is 6.12. The first kappa shape index (κ1) is 13.8. The van der Waals surface area contributed by atoms with Crippen molar-refractivity contribution >= 4 is 5.78 Å². The van der Waals surface area contributed by atoms with Crippen molar-refractivity contribution in [1.82, 2.24) is 0 Å². The summed E-state index contributed by atoms with van der Waals surface area (Å²) in [5.41, 5.74) is 1.09. The SMILES string of the molecule is C[C@@H](OCc1ccccc1)[C@H](O)[C@@H]1C(=O)[C@H]2CCC[C@@H]12. The molecule has 3 nitrogen and oxygen atoms in total. The summed E-state index contributed by atoms with van der Waals surface area (Å²) in [7, 11) is 0. The number of ether oxygens (including phenoxy) is 1. The molecule has 0 unspecified atom stereocenters. The number of benzene rings is 1. The van der Waals surface area contributed by atoms with Crippen LogP contribution in [-0.2, 0) is 16.1 Å². The molecule has 3 heteroatoms. The molecule has 2 fully saturated rings. The maximum Gasteiger partial charge on any atom is 0.142 e. The Morgan fingerprint density at radius 2 is 2.05 bits per heavy atom. The molecule has 20 heavy (non-hydrogen) atoms. The van der Waals surface area contributed by atoms with Gasteiger partial charge in [-0.3, -0.25) is 4.79 Å². The topological polar surface area (TPSA) is 46.5 Å². The van der Waals surface area contributed by atoms with Crippen molar-refractivity contribution in [3.8, 4) is 0 Å². The van der Waals surface area contributed by atoms with Crippen molar-refractivity contribution in [1.29, 1.82) is 0 Å². The van der Waals surface area contributed by atoms with Crippen LogP contribution in [0.3, 0.4) is 0 Å². The largest absolute Gasteiger partial charge is 0.390 e. The van der Waals surface area contributed by atoms with Crippen molar-refractivity contribution in [2.75, 3.05) is 0 Å². The van der Waals surface area contributed by atoms with Crippen LogP contribution >= 0.6 is 0 Å². The fourth-order valence-corrected chi connectivity index (χ4v) is 3.73. The summed E-state index contributed by atoms with van der Waals surface area (Å²) < 4.78 is 5.74. The third kappa shape index (κ3) is 2.40. The molecule has 2 saturated carbocycles. The zero-order chi connectivity index (χ0) is 14.1. The maximum absolute atomic E-state index is 12.0. The number of rotatable bonds is 5. The number of hydrogen-bond acceptors (Lipinski definition) is 3. The molecule has 1 aromatic carbocycles. The van der Waals surface area contributed by atoms with Gasteiger partial charge < -0.3 is 9.84 Å². The number of Topliss-reactive ketones (excluding diaryl/α,β-unsaturated/α-hetero) is 1. The standard InChI is InChI=1S/C17H22O3/c1-11(20-10-12-6-3-2-4-7-12)16(18)15-13-8-5-9-14(13)17(15)19/h2-4,6-7,11,13-16,18H,5,8-10H2,1H3/t11-,13-,14+,15-,16+/m1/s1. The molecule has 0 spiro atoms. The molecule has 0 aromatic heterocycles. The highest BCUT2D eigenvalue weighted by molar-refractivity contribution is 5.91. The van der Waals surface area contributed by atoms with Gasteiger partial charge in [-0.25, -0.2) is 0 Å². The monoisotopic (exact) mass is 274 g/mol. The predicted molar refractivity (Wildman–Crippen MR) is 76.0 cm³/mol. The van der Waals surface area contributed by atoms with Crippen molar-refractivity contribution < 1.29 is 14.6 Å². The highest BCUT2D eigenvalue weighted by Gasteiger charge is 2.55. The molecule has 0 bridgehead atoms. The van der Waals surface area contributed by atoms with Crippen LogP contribution in [0.25, 0.3) is 0 Å². The zero-order valence-corrected chi connectivity index (χ0v) is 11.9. The van der Waals surface area contributed by atoms with E-state index in [1.165, 1.54) is 0 Å². The summed E-state index contributed by atoms with van der Waals surface area (Å²) in [6.45, 7) is 2.34. The van der Waals surface area contributed by atoms with Crippen LogP contribution in [-0.4, -0.2) is 23.1 Å². The summed E-state index contributed by atoms with van der Waals surface area (Å²) in [5, 5.41) is 10.4. The van der Waals surface area contributed by atoms with Gasteiger partial charge in [0.05, 0.1) is 18.8 Å². The van der Waals surface area contributed by atoms with E-state index >= 15 is 0 Å². The fourth-order valence-electron chi connectivity index (χ4n) is 3.73. The smallest absolute Gasteiger partial charge is 0.142 e. The highest BCUT2D eigenvalue weighted by atomic mass is 16.5. The van der Waals surface area contributed by atoms with Gasteiger partial charge in [0.2, 0.25) is 0 Å². The summed E-state index contributed by atoms with van der Waals surface area (Å²) in [6, 6.07) is 9.91. The summed E-state index contributed by atoms with van der Waals surface area (Å²) in [6.07, 6.45) is 2.27. The molecule has 5 atom stereocenters. The number of aliphatic hydroxyl groups is 1. The number of hydrogen-bond donors (Lipinski definition) is 1. The number of fused-ring (bicyclic) bond motifs is 1. The summed E-state index contributed by atoms with van der Waals surface area (Å²) in [4.78, 5) is 12.0. The summed E-state index contributed by atoms with van der Waals surface area (Å²) in [5.74, 6) is 0.708. The van der Waals surface area contributed by atoms with E-state index in [1.807, 2.05) is 37.3 Å². The van der Waals surface area contributed by atoms with Crippen LogP contribution in [0.2, 0.25) is 0 Å². The molecule has 0 amide bonds. The zero-order valence-electron chi connectivity index (χ0n) is 11.9. The molecule has 0 saturated heterocycles. The van der Waals surface area contributed by atoms with Gasteiger partial charge >= 0.3 is 0 Å². The first-order chi connectivity index (χ1) is 9.68. The minimum absolute atomic E-state index is 0.187. The molecular weight excluding hydrogens is 252 g/mol. The van der Waals surface area contributed by atoms with Crippen LogP contribution in [0.5, 0.6) is 0 Å². The lowest BCUT2D eigenvalue weighted by atomic mass is 9.62. The first-order valence-electron chi connectivity index (χ1n) is 7.56. The van der Waals surface area contributed by atoms with E-state index in [2.05, 4.69) is 0 Å². The van der Waals surface area contributed by atoms with Crippen molar-refractivity contribution in [2.24, 2.45) is 17.8 Å². The molecule has 3 rings (SSSR count). The Hall–Kier alpha value is -1.19. The number of carbonyl (C=O) groups is 1. The van der Waals surface area contributed by atoms with E-state index in [0.717, 1.165) is 24.8 Å². The second-order valence-corrected chi connectivity index (χ2v) is 6.12. The van der Waals surface area contributed by atoms with Gasteiger partial charge in [0, 0.05) is 11.8 Å². The molecule has 0 heterocycles. The lowest BCUT2D eigenvalue weighted by Gasteiger charge is -2.43. The maximum atomic E-state index is 12.0. The fraction of sp³-hybridized carbons (Fsp3) is 0.588. The first-order valence-corrected chi connectivity index (χ1v) is 7.56. The number of carbonyl (C=O) groups excluding carboxylic acids is 1. The Morgan fingerprint density at radius 3 is 2.80 bits per heavy atom. The van der Waals surface area contributed by atoms with Crippen LogP contribution < -0.4 is 0 Å². The van der Waals surface area contributed by atoms with Gasteiger partial charge in [0.25, 0.3) is 0 Å². The lowest BCUT2D eigenvalue weighted by molar-refractivity contribution is -0.157. The van der Waals surface area contributed by atoms with Gasteiger partial charge in [0.1, 0.15) is 5.78 Å². The minimum atomic E-state index is -0.662. The van der Waals surface area contributed by atoms with Gasteiger partial charge in [0.15, 0.2) is 0 Å². The molecule has 0 aliphatic heterocycles. The Morgan fingerprint density at radius 1 is 1.30 bits per heavy atom. The summed E-state index contributed by atoms with van der Waals surface area (Å²) >= 11 is 0. The Labute approximate surface area is 120 Å². The van der Waals surface area contributed by atoms with E-state index < -0.39 is 6.10 Å². The van der Waals surface area contributed by atoms with Crippen LogP contribution in [0.4, 0.5) is 0 Å². The Balaban J connectivity index is 1.54. The van der Waals surface area contributed by atoms with E-state index in [1.54, 1.807) is 0 Å². The van der Waals surface area contributed by atoms with Gasteiger partial charge in [-0.15, -0.1) is 0 Å². The van der Waals surface area contributed by atoms with Crippen molar-refractivity contribution in [3.63, 3.8) is 0 Å². The van der Waals surface area contributed by atoms with Crippen molar-refractivity contribution in [3.05, 3.63) is 35.9 Å². The van der Waals surface area contributed by atoms with E-state index in [0.29, 0.717) is 12.5 Å². The molecule has 1 aromatic rings. The van der Waals surface area contributed by atoms with Crippen molar-refractivity contribution in [2.45, 2.75) is 45.0 Å². The molecule has 2 aliphatic rings. The molecule has 0 radical (unpaired) electrons. The lowest BCUT2D eigenvalue weighted by Crippen LogP contribution is -2.53. The van der Waals surface area contributed by atoms with Gasteiger partial charge in [-0.1, -0.05) is 36.8 Å². The van der Waals surface area contributed by atoms with Crippen LogP contribution in [0.15, 0.2) is 30.3 Å². The Kier molecular flexibility index (Phi) is 3.90. The quantitative estimate of drug-likeness (QED) is 0.897. The van der Waals surface area contributed by atoms with E-state index in [4.69, 9.17) is 4.74 Å². The van der Waals surface area contributed by atoms with Gasteiger partial charge in [-0.05, 0) is 31.2 Å². The van der Waals surface area contributed by atoms with Gasteiger partial charge in [-0.2, -0.15) is 0 Å². The Bertz CT molecular complexity index is 470. The average molecular weight is 274 g/mol. The molecule has 2 aliphatic carbocycles. The minimum Gasteiger partial charge on any atom is -0.390 e. The highest BCUT2D eigenvalue weighted by Crippen LogP contribution is 2.50. The molecule has 108 valence electrons. The predicted octanol–water partition coefficient (Wildman–Crippen LogP) is 2.57. The van der Waals surface area contributed by atoms with E-state index in [-0.39, 0.29) is 23.7 Å². The normalized spacial score (nSPS) is 31.5. The molecule has 1 N–H and O–H groups in total. The third-order valence-electron chi connectivity index (χ3n) is 4.93. The van der Waals surface area contributed by atoms with E-state index in [9.17, 15) is 9.90 Å². The van der Waals surface area contributed by atoms with Crippen LogP contribution in [0, 0.1) is 17.8 Å².